The standard InChI is InChI=1S/C11H17N3O2S2/c1-16-10(15)8-3-2-4-14(8)5-6-17-9-7-13-11(12)18-9/h7-8H,2-6H2,1H3,(H2,12,13). The lowest BCUT2D eigenvalue weighted by atomic mass is 10.2. The van der Waals surface area contributed by atoms with Gasteiger partial charge in [0.15, 0.2) is 5.13 Å². The first kappa shape index (κ1) is 13.6. The van der Waals surface area contributed by atoms with Gasteiger partial charge in [0.2, 0.25) is 0 Å². The van der Waals surface area contributed by atoms with Crippen molar-refractivity contribution in [3.8, 4) is 0 Å². The number of nitrogen functional groups attached to an aromatic ring is 1. The third-order valence-electron chi connectivity index (χ3n) is 2.96. The molecule has 1 aromatic heterocycles. The van der Waals surface area contributed by atoms with Crippen LogP contribution in [0.1, 0.15) is 12.8 Å². The molecule has 0 bridgehead atoms. The van der Waals surface area contributed by atoms with E-state index in [0.29, 0.717) is 5.13 Å². The van der Waals surface area contributed by atoms with Crippen LogP contribution in [0, 0.1) is 0 Å². The SMILES string of the molecule is COC(=O)C1CCCN1CCSc1cnc(N)s1. The van der Waals surface area contributed by atoms with Gasteiger partial charge in [-0.15, -0.1) is 11.8 Å². The number of nitrogens with two attached hydrogens (primary N) is 1. The van der Waals surface area contributed by atoms with Crippen molar-refractivity contribution >= 4 is 34.2 Å². The summed E-state index contributed by atoms with van der Waals surface area (Å²) in [6.07, 6.45) is 3.77. The molecule has 0 saturated carbocycles. The zero-order valence-corrected chi connectivity index (χ0v) is 11.9. The van der Waals surface area contributed by atoms with Crippen LogP contribution in [-0.2, 0) is 9.53 Å². The van der Waals surface area contributed by atoms with E-state index in [1.807, 2.05) is 0 Å². The number of methoxy groups -OCH3 is 1. The van der Waals surface area contributed by atoms with Crippen LogP contribution in [0.25, 0.3) is 0 Å². The molecule has 18 heavy (non-hydrogen) atoms. The maximum atomic E-state index is 11.6. The highest BCUT2D eigenvalue weighted by Crippen LogP contribution is 2.27. The molecule has 1 fully saturated rings. The van der Waals surface area contributed by atoms with Crippen LogP contribution in [-0.4, -0.2) is 47.8 Å². The zero-order chi connectivity index (χ0) is 13.0. The molecule has 1 atom stereocenters. The van der Waals surface area contributed by atoms with E-state index in [9.17, 15) is 4.79 Å². The smallest absolute Gasteiger partial charge is 0.323 e. The van der Waals surface area contributed by atoms with Crippen molar-refractivity contribution in [3.63, 3.8) is 0 Å². The Bertz CT molecular complexity index is 411. The van der Waals surface area contributed by atoms with E-state index in [1.54, 1.807) is 18.0 Å². The van der Waals surface area contributed by atoms with Gasteiger partial charge in [0.05, 0.1) is 17.5 Å². The minimum Gasteiger partial charge on any atom is -0.468 e. The molecule has 1 unspecified atom stereocenters. The maximum Gasteiger partial charge on any atom is 0.323 e. The fourth-order valence-electron chi connectivity index (χ4n) is 2.10. The van der Waals surface area contributed by atoms with Crippen molar-refractivity contribution in [1.82, 2.24) is 9.88 Å². The molecule has 100 valence electrons. The van der Waals surface area contributed by atoms with Crippen molar-refractivity contribution in [1.29, 1.82) is 0 Å². The molecule has 7 heteroatoms. The highest BCUT2D eigenvalue weighted by molar-refractivity contribution is 8.01. The second-order valence-corrected chi connectivity index (χ2v) is 6.54. The number of nitrogens with zero attached hydrogens (tertiary/aromatic N) is 2. The number of hydrogen-bond acceptors (Lipinski definition) is 7. The molecule has 1 aliphatic rings. The number of thioether (sulfide) groups is 1. The largest absolute Gasteiger partial charge is 0.468 e. The number of rotatable bonds is 5. The Labute approximate surface area is 115 Å². The second-order valence-electron chi connectivity index (χ2n) is 4.08. The first-order valence-electron chi connectivity index (χ1n) is 5.86. The van der Waals surface area contributed by atoms with E-state index < -0.39 is 0 Å². The molecule has 0 aromatic carbocycles. The first-order valence-corrected chi connectivity index (χ1v) is 7.67. The molecule has 2 N–H and O–H groups in total. The van der Waals surface area contributed by atoms with Gasteiger partial charge < -0.3 is 10.5 Å². The molecule has 1 aliphatic heterocycles. The van der Waals surface area contributed by atoms with E-state index in [-0.39, 0.29) is 12.0 Å². The molecule has 2 rings (SSSR count). The molecule has 0 aliphatic carbocycles. The van der Waals surface area contributed by atoms with Crippen LogP contribution in [0.4, 0.5) is 5.13 Å². The lowest BCUT2D eigenvalue weighted by Gasteiger charge is -2.21. The maximum absolute atomic E-state index is 11.6. The van der Waals surface area contributed by atoms with Crippen molar-refractivity contribution < 1.29 is 9.53 Å². The zero-order valence-electron chi connectivity index (χ0n) is 10.3. The number of anilines is 1. The molecule has 1 aromatic rings. The van der Waals surface area contributed by atoms with Gasteiger partial charge in [0.1, 0.15) is 6.04 Å². The molecule has 2 heterocycles. The summed E-state index contributed by atoms with van der Waals surface area (Å²) in [5, 5.41) is 0.603. The van der Waals surface area contributed by atoms with Gasteiger partial charge in [-0.1, -0.05) is 11.3 Å². The normalized spacial score (nSPS) is 20.2. The van der Waals surface area contributed by atoms with Crippen LogP contribution < -0.4 is 5.73 Å². The highest BCUT2D eigenvalue weighted by Gasteiger charge is 2.30. The topological polar surface area (TPSA) is 68.5 Å². The van der Waals surface area contributed by atoms with Gasteiger partial charge in [0.25, 0.3) is 0 Å². The predicted molar refractivity (Wildman–Crippen MR) is 73.9 cm³/mol. The predicted octanol–water partition coefficient (Wildman–Crippen LogP) is 1.45. The summed E-state index contributed by atoms with van der Waals surface area (Å²) in [5.41, 5.74) is 5.57. The number of thiazole rings is 1. The monoisotopic (exact) mass is 287 g/mol. The minimum atomic E-state index is -0.112. The van der Waals surface area contributed by atoms with Gasteiger partial charge in [-0.3, -0.25) is 9.69 Å². The van der Waals surface area contributed by atoms with Crippen molar-refractivity contribution in [2.75, 3.05) is 31.7 Å². The summed E-state index contributed by atoms with van der Waals surface area (Å²) in [6.45, 7) is 1.87. The van der Waals surface area contributed by atoms with Crippen LogP contribution in [0.2, 0.25) is 0 Å². The van der Waals surface area contributed by atoms with Crippen molar-refractivity contribution in [2.45, 2.75) is 23.1 Å². The van der Waals surface area contributed by atoms with E-state index in [1.165, 1.54) is 18.4 Å². The number of hydrogen-bond donors (Lipinski definition) is 1. The van der Waals surface area contributed by atoms with Crippen LogP contribution in [0.5, 0.6) is 0 Å². The highest BCUT2D eigenvalue weighted by atomic mass is 32.2. The molecule has 1 saturated heterocycles. The fraction of sp³-hybridized carbons (Fsp3) is 0.636. The molecule has 0 amide bonds. The van der Waals surface area contributed by atoms with Crippen LogP contribution in [0.3, 0.4) is 0 Å². The Balaban J connectivity index is 1.77. The molecule has 5 nitrogen and oxygen atoms in total. The number of carbonyl (C=O) groups excluding carboxylic acids is 1. The number of esters is 1. The van der Waals surface area contributed by atoms with Crippen molar-refractivity contribution in [2.24, 2.45) is 0 Å². The van der Waals surface area contributed by atoms with Gasteiger partial charge in [-0.05, 0) is 19.4 Å². The van der Waals surface area contributed by atoms with Gasteiger partial charge in [0, 0.05) is 12.3 Å². The summed E-state index contributed by atoms with van der Waals surface area (Å²) >= 11 is 3.23. The Kier molecular flexibility index (Phi) is 4.85. The average Bonchev–Trinajstić information content (AvgIpc) is 2.98. The number of ether oxygens (including phenoxy) is 1. The van der Waals surface area contributed by atoms with E-state index in [4.69, 9.17) is 10.5 Å². The molecular weight excluding hydrogens is 270 g/mol. The average molecular weight is 287 g/mol. The van der Waals surface area contributed by atoms with E-state index in [0.717, 1.165) is 35.9 Å². The van der Waals surface area contributed by atoms with Gasteiger partial charge >= 0.3 is 5.97 Å². The molecular formula is C11H17N3O2S2. The quantitative estimate of drug-likeness (QED) is 0.653. The molecule has 0 spiro atoms. The third kappa shape index (κ3) is 3.37. The minimum absolute atomic E-state index is 0.0536. The van der Waals surface area contributed by atoms with Gasteiger partial charge in [-0.25, -0.2) is 4.98 Å². The Hall–Kier alpha value is -0.790. The Morgan fingerprint density at radius 3 is 3.28 bits per heavy atom. The lowest BCUT2D eigenvalue weighted by Crippen LogP contribution is -2.38. The number of carbonyl (C=O) groups is 1. The Morgan fingerprint density at radius 1 is 1.78 bits per heavy atom. The first-order chi connectivity index (χ1) is 8.70. The lowest BCUT2D eigenvalue weighted by molar-refractivity contribution is -0.145. The van der Waals surface area contributed by atoms with E-state index in [2.05, 4.69) is 9.88 Å². The van der Waals surface area contributed by atoms with Crippen molar-refractivity contribution in [3.05, 3.63) is 6.20 Å². The summed E-state index contributed by atoms with van der Waals surface area (Å²) in [4.78, 5) is 17.8. The fourth-order valence-corrected chi connectivity index (χ4v) is 3.91. The van der Waals surface area contributed by atoms with Crippen LogP contribution >= 0.6 is 23.1 Å². The van der Waals surface area contributed by atoms with Gasteiger partial charge in [-0.2, -0.15) is 0 Å². The van der Waals surface area contributed by atoms with E-state index >= 15 is 0 Å². The summed E-state index contributed by atoms with van der Waals surface area (Å²) < 4.78 is 5.95. The Morgan fingerprint density at radius 2 is 2.61 bits per heavy atom. The summed E-state index contributed by atoms with van der Waals surface area (Å²) in [6, 6.07) is -0.0536. The van der Waals surface area contributed by atoms with Crippen LogP contribution in [0.15, 0.2) is 10.4 Å². The number of likely N-dealkylation sites (tertiary alicyclic amines) is 1. The second kappa shape index (κ2) is 6.40. The third-order valence-corrected chi connectivity index (χ3v) is 4.96. The summed E-state index contributed by atoms with van der Waals surface area (Å²) in [5.74, 6) is 0.828. The summed E-state index contributed by atoms with van der Waals surface area (Å²) in [7, 11) is 1.45. The number of aromatic nitrogens is 1. The molecule has 0 radical (unpaired) electrons.